The minimum absolute atomic E-state index is 0.408. The Bertz CT molecular complexity index is 694. The Morgan fingerprint density at radius 1 is 1.35 bits per heavy atom. The Labute approximate surface area is 120 Å². The van der Waals surface area contributed by atoms with Crippen molar-refractivity contribution in [2.24, 2.45) is 5.73 Å². The smallest absolute Gasteiger partial charge is 0.410 e. The molecule has 0 fully saturated rings. The van der Waals surface area contributed by atoms with Crippen LogP contribution in [0.2, 0.25) is 0 Å². The summed E-state index contributed by atoms with van der Waals surface area (Å²) in [5.74, 6) is 1.20. The Kier molecular flexibility index (Phi) is 3.02. The van der Waals surface area contributed by atoms with Crippen molar-refractivity contribution in [3.63, 3.8) is 0 Å². The van der Waals surface area contributed by atoms with Crippen molar-refractivity contribution in [2.75, 3.05) is 12.8 Å². The van der Waals surface area contributed by atoms with Crippen LogP contribution in [0.5, 0.6) is 11.5 Å². The summed E-state index contributed by atoms with van der Waals surface area (Å²) >= 11 is 1.41. The van der Waals surface area contributed by atoms with Crippen LogP contribution in [-0.2, 0) is 12.8 Å². The van der Waals surface area contributed by atoms with Crippen LogP contribution in [-0.4, -0.2) is 13.2 Å². The van der Waals surface area contributed by atoms with Crippen molar-refractivity contribution in [1.29, 1.82) is 0 Å². The van der Waals surface area contributed by atoms with Crippen LogP contribution in [0.4, 0.5) is 9.80 Å². The predicted octanol–water partition coefficient (Wildman–Crippen LogP) is 2.56. The van der Waals surface area contributed by atoms with E-state index in [0.717, 1.165) is 34.6 Å². The average Bonchev–Trinajstić information content (AvgIpc) is 2.74. The number of benzene rings is 1. The molecule has 0 unspecified atom stereocenters. The molecule has 1 amide bonds. The molecule has 6 heteroatoms. The number of ether oxygens (including phenoxy) is 2. The van der Waals surface area contributed by atoms with E-state index < -0.39 is 6.09 Å². The normalized spacial score (nSPS) is 12.4. The summed E-state index contributed by atoms with van der Waals surface area (Å²) in [6, 6.07) is 5.99. The van der Waals surface area contributed by atoms with Crippen LogP contribution >= 0.6 is 11.3 Å². The quantitative estimate of drug-likeness (QED) is 0.889. The van der Waals surface area contributed by atoms with Gasteiger partial charge in [0, 0.05) is 10.4 Å². The number of thiophene rings is 1. The molecule has 4 N–H and O–H groups in total. The van der Waals surface area contributed by atoms with Gasteiger partial charge in [0.25, 0.3) is 0 Å². The second kappa shape index (κ2) is 4.72. The number of nitrogens with two attached hydrogens (primary N) is 2. The van der Waals surface area contributed by atoms with Gasteiger partial charge in [0.05, 0.1) is 7.11 Å². The number of hydrogen-bond acceptors (Lipinski definition) is 5. The lowest BCUT2D eigenvalue weighted by atomic mass is 9.91. The summed E-state index contributed by atoms with van der Waals surface area (Å²) < 4.78 is 10.3. The monoisotopic (exact) mass is 290 g/mol. The Balaban J connectivity index is 2.14. The number of hydrogen-bond donors (Lipinski definition) is 2. The standard InChI is InChI=1S/C14H14N2O3S/c1-18-8-4-2-7-3-5-9-11(19-14(16)17)13(15)20-12(9)10(7)6-8/h2,4,6H,3,5,15H2,1H3,(H2,16,17). The number of nitrogen functional groups attached to an aromatic ring is 1. The first-order valence-corrected chi connectivity index (χ1v) is 6.97. The third kappa shape index (κ3) is 1.98. The van der Waals surface area contributed by atoms with Gasteiger partial charge in [-0.1, -0.05) is 6.07 Å². The molecule has 104 valence electrons. The lowest BCUT2D eigenvalue weighted by Gasteiger charge is -2.17. The van der Waals surface area contributed by atoms with E-state index in [2.05, 4.69) is 6.07 Å². The van der Waals surface area contributed by atoms with Gasteiger partial charge < -0.3 is 20.9 Å². The summed E-state index contributed by atoms with van der Waals surface area (Å²) in [5, 5.41) is 0.476. The Hall–Kier alpha value is -2.21. The molecule has 0 spiro atoms. The van der Waals surface area contributed by atoms with E-state index in [-0.39, 0.29) is 0 Å². The van der Waals surface area contributed by atoms with Gasteiger partial charge in [-0.15, -0.1) is 11.3 Å². The molecular weight excluding hydrogens is 276 g/mol. The SMILES string of the molecule is COc1ccc2c(c1)-c1sc(N)c(OC(N)=O)c1CC2. The topological polar surface area (TPSA) is 87.6 Å². The van der Waals surface area contributed by atoms with Crippen LogP contribution in [0.25, 0.3) is 10.4 Å². The zero-order valence-electron chi connectivity index (χ0n) is 10.9. The first-order valence-electron chi connectivity index (χ1n) is 6.16. The molecule has 1 aliphatic carbocycles. The molecule has 1 aromatic carbocycles. The fourth-order valence-corrected chi connectivity index (χ4v) is 3.59. The number of fused-ring (bicyclic) bond motifs is 3. The molecule has 1 aliphatic rings. The van der Waals surface area contributed by atoms with Crippen molar-refractivity contribution in [2.45, 2.75) is 12.8 Å². The minimum Gasteiger partial charge on any atom is -0.497 e. The van der Waals surface area contributed by atoms with Crippen molar-refractivity contribution < 1.29 is 14.3 Å². The van der Waals surface area contributed by atoms with Crippen LogP contribution in [0.1, 0.15) is 11.1 Å². The van der Waals surface area contributed by atoms with Gasteiger partial charge in [-0.2, -0.15) is 0 Å². The maximum absolute atomic E-state index is 11.0. The van der Waals surface area contributed by atoms with Crippen LogP contribution < -0.4 is 20.9 Å². The highest BCUT2D eigenvalue weighted by atomic mass is 32.1. The zero-order chi connectivity index (χ0) is 14.3. The molecule has 0 atom stereocenters. The number of carbonyl (C=O) groups excluding carboxylic acids is 1. The molecule has 2 aromatic rings. The molecule has 1 heterocycles. The third-order valence-electron chi connectivity index (χ3n) is 3.39. The van der Waals surface area contributed by atoms with Gasteiger partial charge in [-0.05, 0) is 36.1 Å². The van der Waals surface area contributed by atoms with Crippen LogP contribution in [0, 0.1) is 0 Å². The second-order valence-corrected chi connectivity index (χ2v) is 5.60. The largest absolute Gasteiger partial charge is 0.497 e. The summed E-state index contributed by atoms with van der Waals surface area (Å²) in [7, 11) is 1.63. The van der Waals surface area contributed by atoms with Gasteiger partial charge in [-0.25, -0.2) is 4.79 Å². The number of methoxy groups -OCH3 is 1. The fraction of sp³-hybridized carbons (Fsp3) is 0.214. The first kappa shape index (κ1) is 12.8. The summed E-state index contributed by atoms with van der Waals surface area (Å²) in [6.45, 7) is 0. The number of amides is 1. The predicted molar refractivity (Wildman–Crippen MR) is 78.3 cm³/mol. The molecular formula is C14H14N2O3S. The van der Waals surface area contributed by atoms with Crippen molar-refractivity contribution in [3.8, 4) is 21.9 Å². The number of carbonyl (C=O) groups is 1. The van der Waals surface area contributed by atoms with Gasteiger partial charge in [0.1, 0.15) is 10.8 Å². The molecule has 0 saturated heterocycles. The summed E-state index contributed by atoms with van der Waals surface area (Å²) in [6.07, 6.45) is 0.816. The second-order valence-electron chi connectivity index (χ2n) is 4.55. The molecule has 0 bridgehead atoms. The third-order valence-corrected chi connectivity index (χ3v) is 4.47. The highest BCUT2D eigenvalue weighted by molar-refractivity contribution is 7.20. The van der Waals surface area contributed by atoms with Gasteiger partial charge >= 0.3 is 6.09 Å². The van der Waals surface area contributed by atoms with Gasteiger partial charge in [0.15, 0.2) is 5.75 Å². The van der Waals surface area contributed by atoms with E-state index in [1.54, 1.807) is 7.11 Å². The van der Waals surface area contributed by atoms with E-state index in [1.165, 1.54) is 16.9 Å². The fourth-order valence-electron chi connectivity index (χ4n) is 2.50. The Morgan fingerprint density at radius 2 is 2.15 bits per heavy atom. The average molecular weight is 290 g/mol. The van der Waals surface area contributed by atoms with E-state index in [1.807, 2.05) is 12.1 Å². The van der Waals surface area contributed by atoms with Crippen molar-refractivity contribution in [1.82, 2.24) is 0 Å². The van der Waals surface area contributed by atoms with E-state index in [0.29, 0.717) is 10.8 Å². The molecule has 0 aliphatic heterocycles. The highest BCUT2D eigenvalue weighted by Crippen LogP contribution is 2.48. The lowest BCUT2D eigenvalue weighted by Crippen LogP contribution is -2.17. The molecule has 5 nitrogen and oxygen atoms in total. The minimum atomic E-state index is -0.839. The number of rotatable bonds is 2. The van der Waals surface area contributed by atoms with E-state index in [9.17, 15) is 4.79 Å². The maximum Gasteiger partial charge on any atom is 0.410 e. The van der Waals surface area contributed by atoms with Crippen LogP contribution in [0.15, 0.2) is 18.2 Å². The number of primary amides is 1. The number of aryl methyl sites for hydroxylation is 1. The summed E-state index contributed by atoms with van der Waals surface area (Å²) in [5.41, 5.74) is 14.3. The Morgan fingerprint density at radius 3 is 2.85 bits per heavy atom. The molecule has 0 saturated carbocycles. The highest BCUT2D eigenvalue weighted by Gasteiger charge is 2.26. The molecule has 0 radical (unpaired) electrons. The molecule has 1 aromatic heterocycles. The lowest BCUT2D eigenvalue weighted by molar-refractivity contribution is 0.211. The van der Waals surface area contributed by atoms with Crippen molar-refractivity contribution in [3.05, 3.63) is 29.3 Å². The van der Waals surface area contributed by atoms with Crippen LogP contribution in [0.3, 0.4) is 0 Å². The van der Waals surface area contributed by atoms with Gasteiger partial charge in [-0.3, -0.25) is 0 Å². The van der Waals surface area contributed by atoms with Crippen molar-refractivity contribution >= 4 is 22.4 Å². The van der Waals surface area contributed by atoms with E-state index in [4.69, 9.17) is 20.9 Å². The molecule has 20 heavy (non-hydrogen) atoms. The summed E-state index contributed by atoms with van der Waals surface area (Å²) in [4.78, 5) is 12.0. The first-order chi connectivity index (χ1) is 9.60. The maximum atomic E-state index is 11.0. The zero-order valence-corrected chi connectivity index (χ0v) is 11.8. The molecule has 3 rings (SSSR count). The number of anilines is 1. The van der Waals surface area contributed by atoms with E-state index >= 15 is 0 Å². The van der Waals surface area contributed by atoms with Gasteiger partial charge in [0.2, 0.25) is 0 Å².